The van der Waals surface area contributed by atoms with Crippen molar-refractivity contribution in [3.63, 3.8) is 0 Å². The minimum atomic E-state index is 0.461. The summed E-state index contributed by atoms with van der Waals surface area (Å²) in [7, 11) is 1.73. The van der Waals surface area contributed by atoms with Crippen molar-refractivity contribution in [2.45, 2.75) is 32.0 Å². The third-order valence-electron chi connectivity index (χ3n) is 3.78. The van der Waals surface area contributed by atoms with E-state index >= 15 is 0 Å². The molecule has 1 fully saturated rings. The predicted octanol–water partition coefficient (Wildman–Crippen LogP) is 2.32. The summed E-state index contributed by atoms with van der Waals surface area (Å²) in [5.74, 6) is 1.12. The zero-order valence-corrected chi connectivity index (χ0v) is 12.6. The largest absolute Gasteiger partial charge is 0.383 e. The lowest BCUT2D eigenvalue weighted by molar-refractivity contribution is 0.182. The number of nitrogens with zero attached hydrogens (tertiary/aromatic N) is 4. The van der Waals surface area contributed by atoms with Crippen molar-refractivity contribution < 1.29 is 4.74 Å². The normalized spacial score (nSPS) is 19.8. The van der Waals surface area contributed by atoms with Gasteiger partial charge in [-0.15, -0.1) is 11.3 Å². The Morgan fingerprint density at radius 2 is 2.35 bits per heavy atom. The number of hydrogen-bond acceptors (Lipinski definition) is 5. The van der Waals surface area contributed by atoms with E-state index < -0.39 is 0 Å². The smallest absolute Gasteiger partial charge is 0.122 e. The Labute approximate surface area is 123 Å². The molecule has 20 heavy (non-hydrogen) atoms. The Bertz CT molecular complexity index is 525. The predicted molar refractivity (Wildman–Crippen MR) is 78.6 cm³/mol. The highest BCUT2D eigenvalue weighted by atomic mass is 32.1. The monoisotopic (exact) mass is 292 g/mol. The zero-order chi connectivity index (χ0) is 13.8. The van der Waals surface area contributed by atoms with Gasteiger partial charge in [0.25, 0.3) is 0 Å². The van der Waals surface area contributed by atoms with E-state index in [-0.39, 0.29) is 0 Å². The summed E-state index contributed by atoms with van der Waals surface area (Å²) in [5.41, 5.74) is 0. The molecular weight excluding hydrogens is 272 g/mol. The second kappa shape index (κ2) is 6.47. The maximum Gasteiger partial charge on any atom is 0.122 e. The van der Waals surface area contributed by atoms with Gasteiger partial charge in [0.05, 0.1) is 19.2 Å². The molecule has 3 rings (SSSR count). The molecule has 0 radical (unpaired) electrons. The molecule has 108 valence electrons. The van der Waals surface area contributed by atoms with Crippen molar-refractivity contribution in [3.8, 4) is 0 Å². The Hall–Kier alpha value is -1.24. The summed E-state index contributed by atoms with van der Waals surface area (Å²) < 4.78 is 7.33. The number of rotatable bonds is 6. The summed E-state index contributed by atoms with van der Waals surface area (Å²) in [4.78, 5) is 11.5. The number of aromatic nitrogens is 3. The molecule has 0 bridgehead atoms. The highest BCUT2D eigenvalue weighted by Crippen LogP contribution is 2.33. The first-order valence-electron chi connectivity index (χ1n) is 7.01. The minimum absolute atomic E-state index is 0.461. The standard InChI is InChI=1S/C14H20N4OS/c1-19-9-8-17-7-4-15-13(17)11-18-6-2-3-12(18)14-16-5-10-20-14/h4-5,7,10,12H,2-3,6,8-9,11H2,1H3/t12-/m0/s1. The second-order valence-corrected chi connectivity index (χ2v) is 5.95. The van der Waals surface area contributed by atoms with Crippen molar-refractivity contribution in [3.05, 3.63) is 34.8 Å². The lowest BCUT2D eigenvalue weighted by atomic mass is 10.2. The van der Waals surface area contributed by atoms with Gasteiger partial charge in [-0.1, -0.05) is 0 Å². The van der Waals surface area contributed by atoms with Crippen LogP contribution < -0.4 is 0 Å². The summed E-state index contributed by atoms with van der Waals surface area (Å²) >= 11 is 1.75. The van der Waals surface area contributed by atoms with E-state index in [4.69, 9.17) is 4.74 Å². The van der Waals surface area contributed by atoms with Crippen molar-refractivity contribution >= 4 is 11.3 Å². The third-order valence-corrected chi connectivity index (χ3v) is 4.66. The van der Waals surface area contributed by atoms with E-state index in [1.165, 1.54) is 17.8 Å². The molecule has 5 nitrogen and oxygen atoms in total. The Kier molecular flexibility index (Phi) is 4.44. The number of imidazole rings is 1. The number of methoxy groups -OCH3 is 1. The molecule has 0 amide bonds. The molecule has 6 heteroatoms. The highest BCUT2D eigenvalue weighted by Gasteiger charge is 2.28. The van der Waals surface area contributed by atoms with E-state index in [1.54, 1.807) is 18.4 Å². The molecule has 3 heterocycles. The van der Waals surface area contributed by atoms with Gasteiger partial charge in [-0.2, -0.15) is 0 Å². The molecule has 0 spiro atoms. The topological polar surface area (TPSA) is 43.2 Å². The molecule has 1 atom stereocenters. The summed E-state index contributed by atoms with van der Waals surface area (Å²) in [6.45, 7) is 3.60. The average molecular weight is 292 g/mol. The SMILES string of the molecule is COCCn1ccnc1CN1CCC[C@H]1c1nccs1. The molecule has 0 N–H and O–H groups in total. The van der Waals surface area contributed by atoms with E-state index in [0.29, 0.717) is 6.04 Å². The minimum Gasteiger partial charge on any atom is -0.383 e. The van der Waals surface area contributed by atoms with E-state index in [1.807, 2.05) is 18.6 Å². The molecule has 0 unspecified atom stereocenters. The number of ether oxygens (including phenoxy) is 1. The van der Waals surface area contributed by atoms with Gasteiger partial charge in [-0.05, 0) is 19.4 Å². The molecule has 1 aliphatic heterocycles. The van der Waals surface area contributed by atoms with Crippen LogP contribution in [0.1, 0.15) is 29.7 Å². The van der Waals surface area contributed by atoms with Gasteiger partial charge < -0.3 is 9.30 Å². The van der Waals surface area contributed by atoms with Crippen LogP contribution in [0.15, 0.2) is 24.0 Å². The van der Waals surface area contributed by atoms with Gasteiger partial charge in [0, 0.05) is 37.6 Å². The van der Waals surface area contributed by atoms with Crippen LogP contribution in [0.25, 0.3) is 0 Å². The van der Waals surface area contributed by atoms with Gasteiger partial charge >= 0.3 is 0 Å². The molecule has 1 saturated heterocycles. The lowest BCUT2D eigenvalue weighted by Crippen LogP contribution is -2.25. The van der Waals surface area contributed by atoms with Crippen LogP contribution >= 0.6 is 11.3 Å². The van der Waals surface area contributed by atoms with Gasteiger partial charge in [0.1, 0.15) is 10.8 Å². The molecule has 2 aromatic rings. The molecule has 2 aromatic heterocycles. The van der Waals surface area contributed by atoms with Gasteiger partial charge in [0.15, 0.2) is 0 Å². The van der Waals surface area contributed by atoms with Gasteiger partial charge in [0.2, 0.25) is 0 Å². The molecule has 0 aromatic carbocycles. The Morgan fingerprint density at radius 3 is 3.15 bits per heavy atom. The van der Waals surface area contributed by atoms with E-state index in [9.17, 15) is 0 Å². The molecule has 0 saturated carbocycles. The maximum absolute atomic E-state index is 5.15. The fourth-order valence-corrected chi connectivity index (χ4v) is 3.57. The van der Waals surface area contributed by atoms with E-state index in [0.717, 1.165) is 32.1 Å². The van der Waals surface area contributed by atoms with Crippen molar-refractivity contribution in [1.82, 2.24) is 19.4 Å². The average Bonchev–Trinajstić information content (AvgIpc) is 3.18. The first kappa shape index (κ1) is 13.7. The first-order valence-corrected chi connectivity index (χ1v) is 7.89. The fourth-order valence-electron chi connectivity index (χ4n) is 2.76. The van der Waals surface area contributed by atoms with Crippen molar-refractivity contribution in [2.75, 3.05) is 20.3 Å². The maximum atomic E-state index is 5.15. The van der Waals surface area contributed by atoms with Gasteiger partial charge in [-0.25, -0.2) is 9.97 Å². The van der Waals surface area contributed by atoms with Crippen LogP contribution in [0.4, 0.5) is 0 Å². The summed E-state index contributed by atoms with van der Waals surface area (Å²) in [5, 5.41) is 3.29. The second-order valence-electron chi connectivity index (χ2n) is 5.03. The van der Waals surface area contributed by atoms with Crippen LogP contribution in [0.2, 0.25) is 0 Å². The van der Waals surface area contributed by atoms with E-state index in [2.05, 4.69) is 24.8 Å². The van der Waals surface area contributed by atoms with Crippen molar-refractivity contribution in [1.29, 1.82) is 0 Å². The molecule has 1 aliphatic rings. The highest BCUT2D eigenvalue weighted by molar-refractivity contribution is 7.09. The number of likely N-dealkylation sites (tertiary alicyclic amines) is 1. The van der Waals surface area contributed by atoms with Crippen LogP contribution in [0.5, 0.6) is 0 Å². The van der Waals surface area contributed by atoms with Gasteiger partial charge in [-0.3, -0.25) is 4.90 Å². The van der Waals surface area contributed by atoms with Crippen LogP contribution in [-0.2, 0) is 17.8 Å². The van der Waals surface area contributed by atoms with Crippen molar-refractivity contribution in [2.24, 2.45) is 0 Å². The lowest BCUT2D eigenvalue weighted by Gasteiger charge is -2.22. The zero-order valence-electron chi connectivity index (χ0n) is 11.7. The van der Waals surface area contributed by atoms with Crippen LogP contribution in [-0.4, -0.2) is 39.7 Å². The van der Waals surface area contributed by atoms with Crippen LogP contribution in [0, 0.1) is 0 Å². The number of hydrogen-bond donors (Lipinski definition) is 0. The Balaban J connectivity index is 1.69. The first-order chi connectivity index (χ1) is 9.88. The molecular formula is C14H20N4OS. The quantitative estimate of drug-likeness (QED) is 0.819. The summed E-state index contributed by atoms with van der Waals surface area (Å²) in [6.07, 6.45) is 8.24. The number of thiazole rings is 1. The molecule has 0 aliphatic carbocycles. The third kappa shape index (κ3) is 2.92. The fraction of sp³-hybridized carbons (Fsp3) is 0.571. The Morgan fingerprint density at radius 1 is 1.40 bits per heavy atom. The van der Waals surface area contributed by atoms with Crippen LogP contribution in [0.3, 0.4) is 0 Å². The summed E-state index contributed by atoms with van der Waals surface area (Å²) in [6, 6.07) is 0.461.